The van der Waals surface area contributed by atoms with Crippen molar-refractivity contribution in [3.8, 4) is 0 Å². The molecule has 1 aliphatic carbocycles. The highest BCUT2D eigenvalue weighted by Crippen LogP contribution is 2.22. The van der Waals surface area contributed by atoms with E-state index >= 15 is 0 Å². The van der Waals surface area contributed by atoms with Crippen LogP contribution in [0.15, 0.2) is 9.52 Å². The van der Waals surface area contributed by atoms with Crippen molar-refractivity contribution in [1.29, 1.82) is 0 Å². The Balaban J connectivity index is 1.86. The second kappa shape index (κ2) is 6.77. The van der Waals surface area contributed by atoms with E-state index < -0.39 is 0 Å². The Morgan fingerprint density at radius 2 is 2.10 bits per heavy atom. The molecule has 0 radical (unpaired) electrons. The molecule has 0 amide bonds. The first-order chi connectivity index (χ1) is 9.61. The number of aliphatic imine (C=N–C) groups is 1. The minimum absolute atomic E-state index is 0.350. The van der Waals surface area contributed by atoms with Crippen molar-refractivity contribution in [3.05, 3.63) is 17.0 Å². The highest BCUT2D eigenvalue weighted by molar-refractivity contribution is 5.80. The molecule has 1 fully saturated rings. The summed E-state index contributed by atoms with van der Waals surface area (Å²) in [4.78, 5) is 4.31. The molecule has 1 unspecified atom stereocenters. The van der Waals surface area contributed by atoms with Gasteiger partial charge in [0.05, 0.1) is 5.69 Å². The standard InChI is InChI=1S/C15H26N4O/c1-10(14-11(2)19-20-12(14)3)9-17-15(16-4)18-13-7-5-6-8-13/h10,13H,5-9H2,1-4H3,(H2,16,17,18). The molecule has 1 aromatic heterocycles. The third-order valence-electron chi connectivity index (χ3n) is 4.08. The Hall–Kier alpha value is -1.52. The molecular weight excluding hydrogens is 252 g/mol. The second-order valence-electron chi connectivity index (χ2n) is 5.72. The zero-order valence-corrected chi connectivity index (χ0v) is 13.0. The third kappa shape index (κ3) is 3.52. The average Bonchev–Trinajstić information content (AvgIpc) is 3.04. The molecule has 0 aliphatic heterocycles. The molecule has 1 atom stereocenters. The lowest BCUT2D eigenvalue weighted by Gasteiger charge is -2.19. The quantitative estimate of drug-likeness (QED) is 0.656. The summed E-state index contributed by atoms with van der Waals surface area (Å²) in [7, 11) is 1.82. The molecule has 2 N–H and O–H groups in total. The number of nitrogens with zero attached hydrogens (tertiary/aromatic N) is 2. The summed E-state index contributed by atoms with van der Waals surface area (Å²) in [5.41, 5.74) is 2.18. The van der Waals surface area contributed by atoms with Gasteiger partial charge in [-0.3, -0.25) is 4.99 Å². The Morgan fingerprint density at radius 3 is 2.65 bits per heavy atom. The van der Waals surface area contributed by atoms with Crippen LogP contribution in [0.5, 0.6) is 0 Å². The molecule has 0 bridgehead atoms. The lowest BCUT2D eigenvalue weighted by molar-refractivity contribution is 0.391. The summed E-state index contributed by atoms with van der Waals surface area (Å²) in [5.74, 6) is 2.16. The van der Waals surface area contributed by atoms with Crippen molar-refractivity contribution >= 4 is 5.96 Å². The van der Waals surface area contributed by atoms with Crippen LogP contribution in [0.1, 0.15) is 55.5 Å². The maximum Gasteiger partial charge on any atom is 0.191 e. The Labute approximate surface area is 121 Å². The van der Waals surface area contributed by atoms with Crippen molar-refractivity contribution in [2.75, 3.05) is 13.6 Å². The van der Waals surface area contributed by atoms with E-state index in [1.54, 1.807) is 0 Å². The van der Waals surface area contributed by atoms with E-state index in [9.17, 15) is 0 Å². The van der Waals surface area contributed by atoms with Gasteiger partial charge in [0.1, 0.15) is 5.76 Å². The van der Waals surface area contributed by atoms with Crippen LogP contribution in [-0.2, 0) is 0 Å². The number of nitrogens with one attached hydrogen (secondary N) is 2. The van der Waals surface area contributed by atoms with Gasteiger partial charge >= 0.3 is 0 Å². The summed E-state index contributed by atoms with van der Waals surface area (Å²) in [6.45, 7) is 6.98. The van der Waals surface area contributed by atoms with Gasteiger partial charge in [-0.2, -0.15) is 0 Å². The van der Waals surface area contributed by atoms with E-state index in [1.807, 2.05) is 20.9 Å². The topological polar surface area (TPSA) is 62.5 Å². The molecule has 2 rings (SSSR count). The summed E-state index contributed by atoms with van der Waals surface area (Å²) in [6, 6.07) is 0.579. The van der Waals surface area contributed by atoms with E-state index in [4.69, 9.17) is 4.52 Å². The SMILES string of the molecule is CN=C(NCC(C)c1c(C)noc1C)NC1CCCC1. The van der Waals surface area contributed by atoms with Crippen molar-refractivity contribution in [2.45, 2.75) is 58.4 Å². The van der Waals surface area contributed by atoms with Crippen LogP contribution in [0.4, 0.5) is 0 Å². The average molecular weight is 278 g/mol. The van der Waals surface area contributed by atoms with Crippen LogP contribution in [0.25, 0.3) is 0 Å². The maximum atomic E-state index is 5.23. The first-order valence-electron chi connectivity index (χ1n) is 7.51. The van der Waals surface area contributed by atoms with Crippen molar-refractivity contribution < 1.29 is 4.52 Å². The number of rotatable bonds is 4. The van der Waals surface area contributed by atoms with Gasteiger partial charge < -0.3 is 15.2 Å². The van der Waals surface area contributed by atoms with E-state index in [1.165, 1.54) is 31.2 Å². The van der Waals surface area contributed by atoms with E-state index in [0.29, 0.717) is 12.0 Å². The van der Waals surface area contributed by atoms with Crippen LogP contribution in [0.2, 0.25) is 0 Å². The third-order valence-corrected chi connectivity index (χ3v) is 4.08. The van der Waals surface area contributed by atoms with Gasteiger partial charge in [-0.25, -0.2) is 0 Å². The van der Waals surface area contributed by atoms with Crippen LogP contribution in [0, 0.1) is 13.8 Å². The van der Waals surface area contributed by atoms with Gasteiger partial charge in [-0.05, 0) is 26.7 Å². The highest BCUT2D eigenvalue weighted by atomic mass is 16.5. The lowest BCUT2D eigenvalue weighted by Crippen LogP contribution is -2.43. The molecule has 1 saturated carbocycles. The van der Waals surface area contributed by atoms with Crippen LogP contribution in [-0.4, -0.2) is 30.8 Å². The molecule has 112 valence electrons. The summed E-state index contributed by atoms with van der Waals surface area (Å²) >= 11 is 0. The molecule has 20 heavy (non-hydrogen) atoms. The Kier molecular flexibility index (Phi) is 5.04. The Bertz CT molecular complexity index is 441. The second-order valence-corrected chi connectivity index (χ2v) is 5.72. The number of hydrogen-bond donors (Lipinski definition) is 2. The highest BCUT2D eigenvalue weighted by Gasteiger charge is 2.18. The van der Waals surface area contributed by atoms with Crippen LogP contribution in [0.3, 0.4) is 0 Å². The Morgan fingerprint density at radius 1 is 1.40 bits per heavy atom. The molecular formula is C15H26N4O. The zero-order valence-electron chi connectivity index (χ0n) is 13.0. The number of hydrogen-bond acceptors (Lipinski definition) is 3. The molecule has 5 heteroatoms. The summed E-state index contributed by atoms with van der Waals surface area (Å²) in [5, 5.41) is 10.9. The van der Waals surface area contributed by atoms with Gasteiger partial charge in [0.15, 0.2) is 5.96 Å². The van der Waals surface area contributed by atoms with Gasteiger partial charge in [0.2, 0.25) is 0 Å². The predicted molar refractivity (Wildman–Crippen MR) is 81.1 cm³/mol. The van der Waals surface area contributed by atoms with Crippen LogP contribution >= 0.6 is 0 Å². The van der Waals surface area contributed by atoms with E-state index in [0.717, 1.165) is 24.0 Å². The summed E-state index contributed by atoms with van der Waals surface area (Å²) in [6.07, 6.45) is 5.15. The van der Waals surface area contributed by atoms with Crippen molar-refractivity contribution in [3.63, 3.8) is 0 Å². The van der Waals surface area contributed by atoms with E-state index in [2.05, 4.69) is 27.7 Å². The number of aryl methyl sites for hydroxylation is 2. The fraction of sp³-hybridized carbons (Fsp3) is 0.733. The molecule has 0 aromatic carbocycles. The molecule has 1 aliphatic rings. The zero-order chi connectivity index (χ0) is 14.5. The van der Waals surface area contributed by atoms with Gasteiger partial charge in [0, 0.05) is 31.1 Å². The first kappa shape index (κ1) is 14.9. The number of guanidine groups is 1. The smallest absolute Gasteiger partial charge is 0.191 e. The van der Waals surface area contributed by atoms with Crippen LogP contribution < -0.4 is 10.6 Å². The van der Waals surface area contributed by atoms with Gasteiger partial charge in [-0.1, -0.05) is 24.9 Å². The summed E-state index contributed by atoms with van der Waals surface area (Å²) < 4.78 is 5.23. The minimum Gasteiger partial charge on any atom is -0.361 e. The van der Waals surface area contributed by atoms with E-state index in [-0.39, 0.29) is 0 Å². The van der Waals surface area contributed by atoms with Gasteiger partial charge in [-0.15, -0.1) is 0 Å². The largest absolute Gasteiger partial charge is 0.361 e. The fourth-order valence-electron chi connectivity index (χ4n) is 3.00. The molecule has 1 heterocycles. The molecule has 5 nitrogen and oxygen atoms in total. The van der Waals surface area contributed by atoms with Gasteiger partial charge in [0.25, 0.3) is 0 Å². The lowest BCUT2D eigenvalue weighted by atomic mass is 10.00. The minimum atomic E-state index is 0.350. The first-order valence-corrected chi connectivity index (χ1v) is 7.51. The molecule has 1 aromatic rings. The fourth-order valence-corrected chi connectivity index (χ4v) is 3.00. The maximum absolute atomic E-state index is 5.23. The molecule has 0 saturated heterocycles. The normalized spacial score (nSPS) is 18.3. The van der Waals surface area contributed by atoms with Crippen molar-refractivity contribution in [1.82, 2.24) is 15.8 Å². The van der Waals surface area contributed by atoms with Crippen molar-refractivity contribution in [2.24, 2.45) is 4.99 Å². The predicted octanol–water partition coefficient (Wildman–Crippen LogP) is 2.50. The molecule has 0 spiro atoms. The number of aromatic nitrogens is 1. The monoisotopic (exact) mass is 278 g/mol.